The zero-order chi connectivity index (χ0) is 17.6. The van der Waals surface area contributed by atoms with Crippen LogP contribution in [0.3, 0.4) is 0 Å². The third kappa shape index (κ3) is 5.07. The number of Topliss-reactive ketones (excluding diaryl/α,β-unsaturated/α-hetero) is 1. The van der Waals surface area contributed by atoms with Crippen molar-refractivity contribution < 1.29 is 4.79 Å². The molecule has 0 radical (unpaired) electrons. The van der Waals surface area contributed by atoms with E-state index in [0.29, 0.717) is 6.04 Å². The molecule has 138 valence electrons. The molecular weight excluding hydrogens is 308 g/mol. The highest BCUT2D eigenvalue weighted by atomic mass is 16.1. The first kappa shape index (κ1) is 18.4. The fraction of sp³-hybridized carbons (Fsp3) is 0.682. The number of nitrogens with one attached hydrogen (secondary N) is 1. The zero-order valence-corrected chi connectivity index (χ0v) is 16.0. The summed E-state index contributed by atoms with van der Waals surface area (Å²) in [5.41, 5.74) is 1.95. The van der Waals surface area contributed by atoms with Gasteiger partial charge in [-0.2, -0.15) is 0 Å². The highest BCUT2D eigenvalue weighted by Crippen LogP contribution is 2.30. The van der Waals surface area contributed by atoms with E-state index < -0.39 is 0 Å². The summed E-state index contributed by atoms with van der Waals surface area (Å²) >= 11 is 0. The Labute approximate surface area is 153 Å². The quantitative estimate of drug-likeness (QED) is 0.728. The largest absolute Gasteiger partial charge is 0.382 e. The van der Waals surface area contributed by atoms with Crippen LogP contribution in [0.4, 0.5) is 5.69 Å². The zero-order valence-electron chi connectivity index (χ0n) is 16.0. The molecule has 0 spiro atoms. The molecule has 0 aliphatic heterocycles. The number of hydrogen-bond donors (Lipinski definition) is 1. The van der Waals surface area contributed by atoms with Gasteiger partial charge in [0.25, 0.3) is 0 Å². The maximum atomic E-state index is 11.4. The highest BCUT2D eigenvalue weighted by Gasteiger charge is 2.28. The fourth-order valence-corrected chi connectivity index (χ4v) is 4.67. The first-order valence-corrected chi connectivity index (χ1v) is 10.2. The van der Waals surface area contributed by atoms with Gasteiger partial charge in [-0.1, -0.05) is 32.1 Å². The number of nitrogens with zero attached hydrogens (tertiary/aromatic N) is 1. The normalized spacial score (nSPS) is 25.1. The highest BCUT2D eigenvalue weighted by molar-refractivity contribution is 5.94. The molecule has 0 heterocycles. The van der Waals surface area contributed by atoms with Gasteiger partial charge in [0, 0.05) is 29.9 Å². The summed E-state index contributed by atoms with van der Waals surface area (Å²) in [4.78, 5) is 14.1. The van der Waals surface area contributed by atoms with Crippen molar-refractivity contribution >= 4 is 11.5 Å². The molecule has 0 saturated heterocycles. The standard InChI is InChI=1S/C22H34N2O/c1-17(25)18-12-14-20(15-13-18)23-22-11-7-6-8-19(22)16-24(2)21-9-4-3-5-10-21/h12-15,19,21-23H,3-11,16H2,1-2H3. The molecule has 2 saturated carbocycles. The lowest BCUT2D eigenvalue weighted by Gasteiger charge is -2.39. The summed E-state index contributed by atoms with van der Waals surface area (Å²) in [6.45, 7) is 2.84. The van der Waals surface area contributed by atoms with Gasteiger partial charge >= 0.3 is 0 Å². The van der Waals surface area contributed by atoms with Crippen molar-refractivity contribution in [2.24, 2.45) is 5.92 Å². The van der Waals surface area contributed by atoms with Crippen LogP contribution >= 0.6 is 0 Å². The van der Waals surface area contributed by atoms with Crippen LogP contribution in [0, 0.1) is 5.92 Å². The van der Waals surface area contributed by atoms with E-state index >= 15 is 0 Å². The van der Waals surface area contributed by atoms with Crippen molar-refractivity contribution in [3.63, 3.8) is 0 Å². The molecule has 0 aromatic heterocycles. The number of carbonyl (C=O) groups excluding carboxylic acids is 1. The Hall–Kier alpha value is -1.35. The van der Waals surface area contributed by atoms with Crippen LogP contribution < -0.4 is 5.32 Å². The molecule has 2 aliphatic rings. The molecular formula is C22H34N2O. The molecule has 3 heteroatoms. The number of hydrogen-bond acceptors (Lipinski definition) is 3. The summed E-state index contributed by atoms with van der Waals surface area (Å²) in [7, 11) is 2.34. The number of carbonyl (C=O) groups is 1. The average molecular weight is 343 g/mol. The van der Waals surface area contributed by atoms with Gasteiger partial charge in [0.1, 0.15) is 0 Å². The predicted octanol–water partition coefficient (Wildman–Crippen LogP) is 5.12. The summed E-state index contributed by atoms with van der Waals surface area (Å²) in [5.74, 6) is 0.865. The van der Waals surface area contributed by atoms with E-state index in [1.807, 2.05) is 12.1 Å². The fourth-order valence-electron chi connectivity index (χ4n) is 4.67. The Morgan fingerprint density at radius 3 is 2.32 bits per heavy atom. The molecule has 2 unspecified atom stereocenters. The van der Waals surface area contributed by atoms with Crippen LogP contribution in [0.1, 0.15) is 75.1 Å². The predicted molar refractivity (Wildman–Crippen MR) is 105 cm³/mol. The Balaban J connectivity index is 1.59. The smallest absolute Gasteiger partial charge is 0.159 e. The van der Waals surface area contributed by atoms with Crippen LogP contribution in [0.25, 0.3) is 0 Å². The molecule has 3 nitrogen and oxygen atoms in total. The molecule has 1 aromatic rings. The minimum absolute atomic E-state index is 0.135. The van der Waals surface area contributed by atoms with Crippen molar-refractivity contribution in [1.29, 1.82) is 0 Å². The number of ketones is 1. The summed E-state index contributed by atoms with van der Waals surface area (Å²) in [6.07, 6.45) is 12.3. The number of rotatable bonds is 6. The molecule has 0 amide bonds. The second-order valence-corrected chi connectivity index (χ2v) is 8.16. The minimum atomic E-state index is 0.135. The Morgan fingerprint density at radius 1 is 1.00 bits per heavy atom. The third-order valence-corrected chi connectivity index (χ3v) is 6.27. The van der Waals surface area contributed by atoms with Crippen molar-refractivity contribution in [3.05, 3.63) is 29.8 Å². The average Bonchev–Trinajstić information content (AvgIpc) is 2.64. The summed E-state index contributed by atoms with van der Waals surface area (Å²) in [5, 5.41) is 3.77. The van der Waals surface area contributed by atoms with Gasteiger partial charge in [0.15, 0.2) is 5.78 Å². The summed E-state index contributed by atoms with van der Waals surface area (Å²) < 4.78 is 0. The van der Waals surface area contributed by atoms with E-state index in [4.69, 9.17) is 0 Å². The maximum absolute atomic E-state index is 11.4. The van der Waals surface area contributed by atoms with E-state index in [1.54, 1.807) is 6.92 Å². The van der Waals surface area contributed by atoms with Crippen molar-refractivity contribution in [1.82, 2.24) is 4.90 Å². The molecule has 2 fully saturated rings. The first-order valence-electron chi connectivity index (χ1n) is 10.2. The van der Waals surface area contributed by atoms with Gasteiger partial charge in [0.2, 0.25) is 0 Å². The van der Waals surface area contributed by atoms with Crippen LogP contribution in [-0.4, -0.2) is 36.4 Å². The number of anilines is 1. The van der Waals surface area contributed by atoms with Crippen LogP contribution in [-0.2, 0) is 0 Å². The SMILES string of the molecule is CC(=O)c1ccc(NC2CCCCC2CN(C)C2CCCCC2)cc1. The lowest BCUT2D eigenvalue weighted by Crippen LogP contribution is -2.43. The molecule has 2 aliphatic carbocycles. The Kier molecular flexibility index (Phi) is 6.52. The van der Waals surface area contributed by atoms with E-state index in [9.17, 15) is 4.79 Å². The second-order valence-electron chi connectivity index (χ2n) is 8.16. The Morgan fingerprint density at radius 2 is 1.64 bits per heavy atom. The lowest BCUT2D eigenvalue weighted by molar-refractivity contribution is 0.101. The van der Waals surface area contributed by atoms with E-state index in [2.05, 4.69) is 29.4 Å². The van der Waals surface area contributed by atoms with E-state index in [-0.39, 0.29) is 5.78 Å². The van der Waals surface area contributed by atoms with Gasteiger partial charge in [-0.15, -0.1) is 0 Å². The monoisotopic (exact) mass is 342 g/mol. The van der Waals surface area contributed by atoms with Gasteiger partial charge in [-0.3, -0.25) is 4.79 Å². The van der Waals surface area contributed by atoms with Crippen LogP contribution in [0.5, 0.6) is 0 Å². The van der Waals surface area contributed by atoms with Gasteiger partial charge in [-0.25, -0.2) is 0 Å². The summed E-state index contributed by atoms with van der Waals surface area (Å²) in [6, 6.07) is 9.36. The van der Waals surface area contributed by atoms with Crippen molar-refractivity contribution in [3.8, 4) is 0 Å². The third-order valence-electron chi connectivity index (χ3n) is 6.27. The molecule has 0 bridgehead atoms. The first-order chi connectivity index (χ1) is 12.1. The van der Waals surface area contributed by atoms with Crippen molar-refractivity contribution in [2.45, 2.75) is 76.8 Å². The van der Waals surface area contributed by atoms with Crippen molar-refractivity contribution in [2.75, 3.05) is 18.9 Å². The molecule has 3 rings (SSSR count). The minimum Gasteiger partial charge on any atom is -0.382 e. The Bertz CT molecular complexity index is 548. The number of benzene rings is 1. The molecule has 25 heavy (non-hydrogen) atoms. The molecule has 1 aromatic carbocycles. The molecule has 2 atom stereocenters. The van der Waals surface area contributed by atoms with E-state index in [1.165, 1.54) is 64.3 Å². The van der Waals surface area contributed by atoms with Gasteiger partial charge < -0.3 is 10.2 Å². The molecule has 1 N–H and O–H groups in total. The maximum Gasteiger partial charge on any atom is 0.159 e. The van der Waals surface area contributed by atoms with Crippen LogP contribution in [0.15, 0.2) is 24.3 Å². The lowest BCUT2D eigenvalue weighted by atomic mass is 9.83. The van der Waals surface area contributed by atoms with E-state index in [0.717, 1.165) is 23.2 Å². The topological polar surface area (TPSA) is 32.3 Å². The van der Waals surface area contributed by atoms with Gasteiger partial charge in [0.05, 0.1) is 0 Å². The van der Waals surface area contributed by atoms with Gasteiger partial charge in [-0.05, 0) is 69.8 Å². The van der Waals surface area contributed by atoms with Crippen LogP contribution in [0.2, 0.25) is 0 Å². The second kappa shape index (κ2) is 8.84.